The lowest BCUT2D eigenvalue weighted by molar-refractivity contribution is 0.758. The Hall–Kier alpha value is -2.88. The highest BCUT2D eigenvalue weighted by Gasteiger charge is 2.13. The highest BCUT2D eigenvalue weighted by atomic mass is 15.2. The van der Waals surface area contributed by atoms with Crippen molar-refractivity contribution >= 4 is 17.3 Å². The lowest BCUT2D eigenvalue weighted by atomic mass is 10.2. The molecule has 0 aliphatic heterocycles. The largest absolute Gasteiger partial charge is 0.367 e. The number of rotatable bonds is 7. The molecule has 1 heterocycles. The molecule has 128 valence electrons. The van der Waals surface area contributed by atoms with Gasteiger partial charge in [-0.05, 0) is 31.0 Å². The molecule has 4 nitrogen and oxygen atoms in total. The SMILES string of the molecule is CCC(C)Nc1cc(N(Cc2ccccc2)c2ccccc2)ncn1. The van der Waals surface area contributed by atoms with Gasteiger partial charge in [0, 0.05) is 24.3 Å². The molecule has 0 fully saturated rings. The zero-order chi connectivity index (χ0) is 17.5. The average molecular weight is 332 g/mol. The van der Waals surface area contributed by atoms with E-state index in [1.54, 1.807) is 6.33 Å². The summed E-state index contributed by atoms with van der Waals surface area (Å²) >= 11 is 0. The fourth-order valence-corrected chi connectivity index (χ4v) is 2.61. The Kier molecular flexibility index (Phi) is 5.62. The van der Waals surface area contributed by atoms with Crippen LogP contribution in [0, 0.1) is 0 Å². The Morgan fingerprint density at radius 1 is 0.960 bits per heavy atom. The van der Waals surface area contributed by atoms with E-state index in [1.165, 1.54) is 5.56 Å². The van der Waals surface area contributed by atoms with Crippen molar-refractivity contribution in [3.63, 3.8) is 0 Å². The van der Waals surface area contributed by atoms with E-state index in [2.05, 4.69) is 70.4 Å². The first kappa shape index (κ1) is 17.0. The van der Waals surface area contributed by atoms with Crippen molar-refractivity contribution in [1.82, 2.24) is 9.97 Å². The second-order valence-corrected chi connectivity index (χ2v) is 6.12. The topological polar surface area (TPSA) is 41.0 Å². The van der Waals surface area contributed by atoms with Crippen LogP contribution in [0.2, 0.25) is 0 Å². The Morgan fingerprint density at radius 2 is 1.64 bits per heavy atom. The normalized spacial score (nSPS) is 11.8. The van der Waals surface area contributed by atoms with Gasteiger partial charge in [-0.15, -0.1) is 0 Å². The summed E-state index contributed by atoms with van der Waals surface area (Å²) in [6.07, 6.45) is 2.67. The number of nitrogens with zero attached hydrogens (tertiary/aromatic N) is 3. The summed E-state index contributed by atoms with van der Waals surface area (Å²) in [5, 5.41) is 3.42. The van der Waals surface area contributed by atoms with E-state index in [9.17, 15) is 0 Å². The minimum atomic E-state index is 0.377. The molecule has 0 bridgehead atoms. The van der Waals surface area contributed by atoms with E-state index < -0.39 is 0 Å². The molecule has 25 heavy (non-hydrogen) atoms. The lowest BCUT2D eigenvalue weighted by Gasteiger charge is -2.24. The van der Waals surface area contributed by atoms with Crippen molar-refractivity contribution in [2.75, 3.05) is 10.2 Å². The Bertz CT molecular complexity index is 774. The van der Waals surface area contributed by atoms with E-state index in [-0.39, 0.29) is 0 Å². The predicted octanol–water partition coefficient (Wildman–Crippen LogP) is 5.03. The average Bonchev–Trinajstić information content (AvgIpc) is 2.67. The van der Waals surface area contributed by atoms with Gasteiger partial charge in [0.2, 0.25) is 0 Å². The molecule has 0 saturated heterocycles. The third kappa shape index (κ3) is 4.57. The van der Waals surface area contributed by atoms with E-state index in [0.717, 1.165) is 30.3 Å². The van der Waals surface area contributed by atoms with Crippen molar-refractivity contribution in [2.24, 2.45) is 0 Å². The maximum absolute atomic E-state index is 4.52. The molecular formula is C21H24N4. The minimum Gasteiger partial charge on any atom is -0.367 e. The Balaban J connectivity index is 1.93. The molecule has 1 unspecified atom stereocenters. The molecule has 0 amide bonds. The maximum Gasteiger partial charge on any atom is 0.138 e. The first-order chi connectivity index (χ1) is 12.3. The van der Waals surface area contributed by atoms with E-state index in [4.69, 9.17) is 0 Å². The Labute approximate surface area is 149 Å². The van der Waals surface area contributed by atoms with Crippen molar-refractivity contribution < 1.29 is 0 Å². The summed E-state index contributed by atoms with van der Waals surface area (Å²) < 4.78 is 0. The summed E-state index contributed by atoms with van der Waals surface area (Å²) in [5.74, 6) is 1.74. The number of nitrogens with one attached hydrogen (secondary N) is 1. The molecule has 4 heteroatoms. The molecule has 0 saturated carbocycles. The molecular weight excluding hydrogens is 308 g/mol. The van der Waals surface area contributed by atoms with Crippen LogP contribution in [0.25, 0.3) is 0 Å². The molecule has 3 aromatic rings. The number of hydrogen-bond donors (Lipinski definition) is 1. The van der Waals surface area contributed by atoms with Crippen molar-refractivity contribution in [2.45, 2.75) is 32.9 Å². The fraction of sp³-hybridized carbons (Fsp3) is 0.238. The van der Waals surface area contributed by atoms with Crippen LogP contribution < -0.4 is 10.2 Å². The monoisotopic (exact) mass is 332 g/mol. The molecule has 1 N–H and O–H groups in total. The van der Waals surface area contributed by atoms with Crippen LogP contribution in [0.3, 0.4) is 0 Å². The van der Waals surface area contributed by atoms with Gasteiger partial charge in [0.05, 0.1) is 0 Å². The van der Waals surface area contributed by atoms with Gasteiger partial charge in [-0.25, -0.2) is 9.97 Å². The van der Waals surface area contributed by atoms with Gasteiger partial charge in [0.15, 0.2) is 0 Å². The molecule has 0 spiro atoms. The lowest BCUT2D eigenvalue weighted by Crippen LogP contribution is -2.19. The van der Waals surface area contributed by atoms with Gasteiger partial charge in [-0.1, -0.05) is 55.5 Å². The van der Waals surface area contributed by atoms with E-state index in [0.29, 0.717) is 6.04 Å². The molecule has 0 radical (unpaired) electrons. The van der Waals surface area contributed by atoms with Crippen LogP contribution in [0.15, 0.2) is 73.1 Å². The predicted molar refractivity (Wildman–Crippen MR) is 104 cm³/mol. The van der Waals surface area contributed by atoms with Gasteiger partial charge in [0.1, 0.15) is 18.0 Å². The number of hydrogen-bond acceptors (Lipinski definition) is 4. The van der Waals surface area contributed by atoms with Gasteiger partial charge >= 0.3 is 0 Å². The summed E-state index contributed by atoms with van der Waals surface area (Å²) in [6.45, 7) is 5.07. The molecule has 2 aromatic carbocycles. The number of para-hydroxylation sites is 1. The van der Waals surface area contributed by atoms with Crippen molar-refractivity contribution in [1.29, 1.82) is 0 Å². The quantitative estimate of drug-likeness (QED) is 0.659. The molecule has 3 rings (SSSR count). The highest BCUT2D eigenvalue weighted by Crippen LogP contribution is 2.27. The summed E-state index contributed by atoms with van der Waals surface area (Å²) in [6, 6.07) is 23.2. The zero-order valence-electron chi connectivity index (χ0n) is 14.8. The van der Waals surface area contributed by atoms with E-state index >= 15 is 0 Å². The zero-order valence-corrected chi connectivity index (χ0v) is 14.8. The smallest absolute Gasteiger partial charge is 0.138 e. The van der Waals surface area contributed by atoms with Crippen molar-refractivity contribution in [3.8, 4) is 0 Å². The summed E-state index contributed by atoms with van der Waals surface area (Å²) in [7, 11) is 0. The third-order valence-corrected chi connectivity index (χ3v) is 4.19. The second kappa shape index (κ2) is 8.29. The van der Waals surface area contributed by atoms with Gasteiger partial charge in [-0.3, -0.25) is 0 Å². The van der Waals surface area contributed by atoms with Crippen LogP contribution in [0.4, 0.5) is 17.3 Å². The van der Waals surface area contributed by atoms with Gasteiger partial charge < -0.3 is 10.2 Å². The number of benzene rings is 2. The van der Waals surface area contributed by atoms with Gasteiger partial charge in [-0.2, -0.15) is 0 Å². The molecule has 0 aliphatic carbocycles. The third-order valence-electron chi connectivity index (χ3n) is 4.19. The van der Waals surface area contributed by atoms with Crippen LogP contribution >= 0.6 is 0 Å². The van der Waals surface area contributed by atoms with Gasteiger partial charge in [0.25, 0.3) is 0 Å². The maximum atomic E-state index is 4.52. The van der Waals surface area contributed by atoms with Crippen LogP contribution in [-0.2, 0) is 6.54 Å². The van der Waals surface area contributed by atoms with Crippen molar-refractivity contribution in [3.05, 3.63) is 78.6 Å². The number of aromatic nitrogens is 2. The second-order valence-electron chi connectivity index (χ2n) is 6.12. The standard InChI is InChI=1S/C21H24N4/c1-3-17(2)24-20-14-21(23-16-22-20)25(19-12-8-5-9-13-19)15-18-10-6-4-7-11-18/h4-14,16-17H,3,15H2,1-2H3,(H,22,23,24). The van der Waals surface area contributed by atoms with Crippen LogP contribution in [0.5, 0.6) is 0 Å². The van der Waals surface area contributed by atoms with Crippen LogP contribution in [0.1, 0.15) is 25.8 Å². The number of anilines is 3. The summed E-state index contributed by atoms with van der Waals surface area (Å²) in [4.78, 5) is 11.1. The summed E-state index contributed by atoms with van der Waals surface area (Å²) in [5.41, 5.74) is 2.35. The minimum absolute atomic E-state index is 0.377. The molecule has 1 atom stereocenters. The first-order valence-electron chi connectivity index (χ1n) is 8.71. The highest BCUT2D eigenvalue weighted by molar-refractivity contribution is 5.62. The van der Waals surface area contributed by atoms with Crippen LogP contribution in [-0.4, -0.2) is 16.0 Å². The Morgan fingerprint density at radius 3 is 2.32 bits per heavy atom. The van der Waals surface area contributed by atoms with E-state index in [1.807, 2.05) is 30.3 Å². The molecule has 1 aromatic heterocycles. The first-order valence-corrected chi connectivity index (χ1v) is 8.71. The molecule has 0 aliphatic rings. The fourth-order valence-electron chi connectivity index (χ4n) is 2.61.